The number of thiazole rings is 1. The van der Waals surface area contributed by atoms with Gasteiger partial charge in [-0.15, -0.1) is 11.3 Å². The second-order valence-corrected chi connectivity index (χ2v) is 6.55. The highest BCUT2D eigenvalue weighted by Crippen LogP contribution is 2.25. The Morgan fingerprint density at radius 1 is 1.35 bits per heavy atom. The number of Topliss-reactive ketones (excluding diaryl/α,β-unsaturated/α-hetero) is 1. The van der Waals surface area contributed by atoms with Crippen molar-refractivity contribution in [2.75, 3.05) is 0 Å². The predicted molar refractivity (Wildman–Crippen MR) is 80.4 cm³/mol. The van der Waals surface area contributed by atoms with Crippen LogP contribution in [0.3, 0.4) is 0 Å². The van der Waals surface area contributed by atoms with Crippen molar-refractivity contribution in [2.24, 2.45) is 0 Å². The standard InChI is InChI=1S/C14H15N3OS2/c1-2-9-7-19-13(16-9)8-20-14-15-6-10-11(17-14)4-3-5-12(10)18/h6-7H,2-5,8H2,1H3. The summed E-state index contributed by atoms with van der Waals surface area (Å²) in [5.74, 6) is 0.965. The molecule has 0 aliphatic heterocycles. The quantitative estimate of drug-likeness (QED) is 0.641. The van der Waals surface area contributed by atoms with Crippen molar-refractivity contribution in [3.05, 3.63) is 33.5 Å². The Hall–Kier alpha value is -1.27. The van der Waals surface area contributed by atoms with Gasteiger partial charge in [0.2, 0.25) is 0 Å². The first-order valence-corrected chi connectivity index (χ1v) is 8.58. The number of hydrogen-bond donors (Lipinski definition) is 0. The minimum Gasteiger partial charge on any atom is -0.294 e. The van der Waals surface area contributed by atoms with E-state index in [-0.39, 0.29) is 5.78 Å². The van der Waals surface area contributed by atoms with E-state index in [9.17, 15) is 4.79 Å². The molecule has 6 heteroatoms. The van der Waals surface area contributed by atoms with Crippen LogP contribution in [-0.4, -0.2) is 20.7 Å². The van der Waals surface area contributed by atoms with Crippen LogP contribution in [-0.2, 0) is 18.6 Å². The lowest BCUT2D eigenvalue weighted by Crippen LogP contribution is -2.13. The molecule has 0 unspecified atom stereocenters. The van der Waals surface area contributed by atoms with Crippen molar-refractivity contribution in [3.8, 4) is 0 Å². The van der Waals surface area contributed by atoms with Crippen molar-refractivity contribution in [1.82, 2.24) is 15.0 Å². The molecule has 1 aliphatic rings. The van der Waals surface area contributed by atoms with Crippen LogP contribution < -0.4 is 0 Å². The molecule has 2 aromatic rings. The molecule has 2 aromatic heterocycles. The maximum absolute atomic E-state index is 11.7. The Morgan fingerprint density at radius 3 is 3.05 bits per heavy atom. The molecule has 0 radical (unpaired) electrons. The number of hydrogen-bond acceptors (Lipinski definition) is 6. The Bertz CT molecular complexity index is 639. The number of ketones is 1. The molecule has 0 N–H and O–H groups in total. The van der Waals surface area contributed by atoms with E-state index in [1.165, 1.54) is 0 Å². The van der Waals surface area contributed by atoms with E-state index in [2.05, 4.69) is 27.3 Å². The van der Waals surface area contributed by atoms with Crippen LogP contribution in [0, 0.1) is 0 Å². The lowest BCUT2D eigenvalue weighted by Gasteiger charge is -2.13. The fourth-order valence-electron chi connectivity index (χ4n) is 2.15. The highest BCUT2D eigenvalue weighted by atomic mass is 32.2. The molecule has 0 spiro atoms. The molecule has 1 aliphatic carbocycles. The summed E-state index contributed by atoms with van der Waals surface area (Å²) in [4.78, 5) is 25.1. The molecule has 3 rings (SSSR count). The van der Waals surface area contributed by atoms with E-state index < -0.39 is 0 Å². The molecule has 20 heavy (non-hydrogen) atoms. The van der Waals surface area contributed by atoms with Crippen molar-refractivity contribution < 1.29 is 4.79 Å². The summed E-state index contributed by atoms with van der Waals surface area (Å²) >= 11 is 3.27. The Balaban J connectivity index is 1.70. The zero-order valence-corrected chi connectivity index (χ0v) is 12.9. The van der Waals surface area contributed by atoms with E-state index in [1.807, 2.05) is 0 Å². The molecule has 2 heterocycles. The second kappa shape index (κ2) is 6.01. The van der Waals surface area contributed by atoms with E-state index in [1.54, 1.807) is 29.3 Å². The average molecular weight is 305 g/mol. The lowest BCUT2D eigenvalue weighted by molar-refractivity contribution is 0.0970. The largest absolute Gasteiger partial charge is 0.294 e. The van der Waals surface area contributed by atoms with Crippen LogP contribution in [0.1, 0.15) is 46.5 Å². The van der Waals surface area contributed by atoms with E-state index >= 15 is 0 Å². The first-order chi connectivity index (χ1) is 9.76. The third-order valence-electron chi connectivity index (χ3n) is 3.25. The fourth-order valence-corrected chi connectivity index (χ4v) is 3.88. The van der Waals surface area contributed by atoms with Gasteiger partial charge in [-0.1, -0.05) is 18.7 Å². The van der Waals surface area contributed by atoms with Crippen molar-refractivity contribution in [3.63, 3.8) is 0 Å². The first kappa shape index (κ1) is 13.7. The maximum atomic E-state index is 11.7. The fraction of sp³-hybridized carbons (Fsp3) is 0.429. The molecule has 104 valence electrons. The Morgan fingerprint density at radius 2 is 2.25 bits per heavy atom. The molecular weight excluding hydrogens is 290 g/mol. The summed E-state index contributed by atoms with van der Waals surface area (Å²) in [6, 6.07) is 0. The molecule has 0 saturated heterocycles. The summed E-state index contributed by atoms with van der Waals surface area (Å²) in [5.41, 5.74) is 2.76. The zero-order valence-electron chi connectivity index (χ0n) is 11.3. The summed E-state index contributed by atoms with van der Waals surface area (Å²) in [6.45, 7) is 2.11. The summed E-state index contributed by atoms with van der Waals surface area (Å²) in [7, 11) is 0. The van der Waals surface area contributed by atoms with Gasteiger partial charge in [0.1, 0.15) is 5.01 Å². The van der Waals surface area contributed by atoms with Crippen LogP contribution in [0.4, 0.5) is 0 Å². The third kappa shape index (κ3) is 2.91. The number of fused-ring (bicyclic) bond motifs is 1. The van der Waals surface area contributed by atoms with Gasteiger partial charge in [-0.3, -0.25) is 4.79 Å². The Kier molecular flexibility index (Phi) is 4.12. The number of carbonyl (C=O) groups excluding carboxylic acids is 1. The van der Waals surface area contributed by atoms with Crippen LogP contribution in [0.15, 0.2) is 16.7 Å². The summed E-state index contributed by atoms with van der Waals surface area (Å²) in [6.07, 6.45) is 5.07. The molecule has 0 aromatic carbocycles. The zero-order chi connectivity index (χ0) is 13.9. The number of thioether (sulfide) groups is 1. The molecule has 0 bridgehead atoms. The number of carbonyl (C=O) groups is 1. The van der Waals surface area contributed by atoms with Gasteiger partial charge in [0.05, 0.1) is 22.7 Å². The van der Waals surface area contributed by atoms with Crippen LogP contribution >= 0.6 is 23.1 Å². The Labute approximate surface area is 126 Å². The topological polar surface area (TPSA) is 55.7 Å². The minimum absolute atomic E-state index is 0.176. The lowest BCUT2D eigenvalue weighted by atomic mass is 9.96. The van der Waals surface area contributed by atoms with Crippen LogP contribution in [0.2, 0.25) is 0 Å². The SMILES string of the molecule is CCc1csc(CSc2ncc3c(n2)CCCC3=O)n1. The molecule has 0 saturated carbocycles. The van der Waals surface area contributed by atoms with Gasteiger partial charge in [0.15, 0.2) is 10.9 Å². The number of aryl methyl sites for hydroxylation is 2. The number of nitrogens with zero attached hydrogens (tertiary/aromatic N) is 3. The molecule has 0 atom stereocenters. The van der Waals surface area contributed by atoms with E-state index in [0.29, 0.717) is 12.0 Å². The average Bonchev–Trinajstić information content (AvgIpc) is 2.93. The highest BCUT2D eigenvalue weighted by molar-refractivity contribution is 7.98. The number of aromatic nitrogens is 3. The normalized spacial score (nSPS) is 14.3. The molecule has 0 amide bonds. The second-order valence-electron chi connectivity index (χ2n) is 4.66. The van der Waals surface area contributed by atoms with Gasteiger partial charge >= 0.3 is 0 Å². The van der Waals surface area contributed by atoms with Gasteiger partial charge in [0, 0.05) is 18.0 Å². The van der Waals surface area contributed by atoms with Crippen molar-refractivity contribution in [1.29, 1.82) is 0 Å². The van der Waals surface area contributed by atoms with E-state index in [4.69, 9.17) is 0 Å². The van der Waals surface area contributed by atoms with Gasteiger partial charge in [-0.25, -0.2) is 15.0 Å². The van der Waals surface area contributed by atoms with Crippen molar-refractivity contribution >= 4 is 28.9 Å². The van der Waals surface area contributed by atoms with Gasteiger partial charge in [0.25, 0.3) is 0 Å². The van der Waals surface area contributed by atoms with Gasteiger partial charge in [-0.05, 0) is 19.3 Å². The molecule has 4 nitrogen and oxygen atoms in total. The van der Waals surface area contributed by atoms with Gasteiger partial charge < -0.3 is 0 Å². The number of rotatable bonds is 4. The maximum Gasteiger partial charge on any atom is 0.188 e. The first-order valence-electron chi connectivity index (χ1n) is 6.71. The summed E-state index contributed by atoms with van der Waals surface area (Å²) < 4.78 is 0. The predicted octanol–water partition coefficient (Wildman–Crippen LogP) is 3.31. The molecule has 0 fully saturated rings. The van der Waals surface area contributed by atoms with Crippen LogP contribution in [0.5, 0.6) is 0 Å². The van der Waals surface area contributed by atoms with Crippen molar-refractivity contribution in [2.45, 2.75) is 43.5 Å². The highest BCUT2D eigenvalue weighted by Gasteiger charge is 2.19. The third-order valence-corrected chi connectivity index (χ3v) is 5.20. The molecular formula is C14H15N3OS2. The summed E-state index contributed by atoms with van der Waals surface area (Å²) in [5, 5.41) is 3.94. The van der Waals surface area contributed by atoms with Gasteiger partial charge in [-0.2, -0.15) is 0 Å². The van der Waals surface area contributed by atoms with E-state index in [0.717, 1.165) is 46.6 Å². The van der Waals surface area contributed by atoms with Crippen LogP contribution in [0.25, 0.3) is 0 Å². The smallest absolute Gasteiger partial charge is 0.188 e. The monoisotopic (exact) mass is 305 g/mol. The minimum atomic E-state index is 0.176.